The molecule has 2 aromatic rings. The Hall–Kier alpha value is -2.12. The first-order valence-corrected chi connectivity index (χ1v) is 9.71. The van der Waals surface area contributed by atoms with Crippen molar-refractivity contribution < 1.29 is 9.18 Å². The highest BCUT2D eigenvalue weighted by Gasteiger charge is 2.07. The van der Waals surface area contributed by atoms with E-state index in [9.17, 15) is 9.18 Å². The topological polar surface area (TPSA) is 44.4 Å². The van der Waals surface area contributed by atoms with Crippen molar-refractivity contribution in [1.82, 2.24) is 10.2 Å². The van der Waals surface area contributed by atoms with E-state index in [0.717, 1.165) is 11.4 Å². The van der Waals surface area contributed by atoms with Crippen molar-refractivity contribution in [1.29, 1.82) is 0 Å². The molecule has 4 nitrogen and oxygen atoms in total. The molecule has 0 bridgehead atoms. The Morgan fingerprint density at radius 2 is 1.85 bits per heavy atom. The molecule has 0 fully saturated rings. The van der Waals surface area contributed by atoms with Gasteiger partial charge in [-0.3, -0.25) is 4.79 Å². The van der Waals surface area contributed by atoms with E-state index >= 15 is 0 Å². The number of hydrogen-bond acceptors (Lipinski definition) is 3. The number of thiocarbonyl (C=S) groups is 1. The molecule has 0 aliphatic rings. The maximum Gasteiger partial charge on any atom is 0.253 e. The molecule has 0 saturated heterocycles. The van der Waals surface area contributed by atoms with Crippen LogP contribution in [-0.2, 0) is 5.75 Å². The molecule has 0 radical (unpaired) electrons. The molecule has 2 rings (SSSR count). The van der Waals surface area contributed by atoms with Gasteiger partial charge in [0, 0.05) is 43.4 Å². The van der Waals surface area contributed by atoms with Crippen molar-refractivity contribution in [3.05, 3.63) is 65.5 Å². The van der Waals surface area contributed by atoms with Gasteiger partial charge in [0.15, 0.2) is 5.11 Å². The first-order chi connectivity index (χ1) is 12.5. The molecule has 0 aliphatic carbocycles. The summed E-state index contributed by atoms with van der Waals surface area (Å²) in [4.78, 5) is 13.4. The number of rotatable bonds is 7. The van der Waals surface area contributed by atoms with Gasteiger partial charge in [0.25, 0.3) is 5.91 Å². The van der Waals surface area contributed by atoms with Gasteiger partial charge < -0.3 is 15.5 Å². The molecule has 0 saturated carbocycles. The Bertz CT molecular complexity index is 751. The molecule has 2 aromatic carbocycles. The Morgan fingerprint density at radius 1 is 1.15 bits per heavy atom. The van der Waals surface area contributed by atoms with E-state index in [1.54, 1.807) is 50.1 Å². The zero-order valence-electron chi connectivity index (χ0n) is 14.8. The number of carbonyl (C=O) groups is 1. The molecule has 0 unspecified atom stereocenters. The van der Waals surface area contributed by atoms with Gasteiger partial charge in [-0.25, -0.2) is 4.39 Å². The van der Waals surface area contributed by atoms with Crippen LogP contribution in [0.2, 0.25) is 0 Å². The largest absolute Gasteiger partial charge is 0.362 e. The van der Waals surface area contributed by atoms with E-state index in [1.807, 2.05) is 18.2 Å². The standard InChI is InChI=1S/C19H22FN3OS2/c1-23(2)18(24)14-7-9-16(10-8-14)22-19(25)21-11-12-26-13-15-5-3-4-6-17(15)20/h3-10H,11-13H2,1-2H3,(H2,21,22,25). The van der Waals surface area contributed by atoms with Crippen molar-refractivity contribution in [2.45, 2.75) is 5.75 Å². The minimum absolute atomic E-state index is 0.0378. The third kappa shape index (κ3) is 6.31. The maximum absolute atomic E-state index is 13.5. The van der Waals surface area contributed by atoms with Crippen LogP contribution in [0.15, 0.2) is 48.5 Å². The third-order valence-corrected chi connectivity index (χ3v) is 4.80. The molecule has 138 valence electrons. The number of nitrogens with zero attached hydrogens (tertiary/aromatic N) is 1. The Balaban J connectivity index is 1.69. The summed E-state index contributed by atoms with van der Waals surface area (Å²) in [5, 5.41) is 6.72. The summed E-state index contributed by atoms with van der Waals surface area (Å²) in [6, 6.07) is 14.0. The average Bonchev–Trinajstić information content (AvgIpc) is 2.63. The molecule has 7 heteroatoms. The van der Waals surface area contributed by atoms with Gasteiger partial charge in [-0.1, -0.05) is 18.2 Å². The average molecular weight is 392 g/mol. The quantitative estimate of drug-likeness (QED) is 0.556. The highest BCUT2D eigenvalue weighted by Crippen LogP contribution is 2.15. The Morgan fingerprint density at radius 3 is 2.50 bits per heavy atom. The van der Waals surface area contributed by atoms with Crippen LogP contribution in [0.1, 0.15) is 15.9 Å². The third-order valence-electron chi connectivity index (χ3n) is 3.54. The van der Waals surface area contributed by atoms with Gasteiger partial charge in [0.2, 0.25) is 0 Å². The lowest BCUT2D eigenvalue weighted by Crippen LogP contribution is -2.30. The minimum Gasteiger partial charge on any atom is -0.362 e. The van der Waals surface area contributed by atoms with Crippen molar-refractivity contribution in [3.8, 4) is 0 Å². The van der Waals surface area contributed by atoms with Crippen LogP contribution in [0.5, 0.6) is 0 Å². The normalized spacial score (nSPS) is 10.3. The Kier molecular flexibility index (Phi) is 7.87. The fraction of sp³-hybridized carbons (Fsp3) is 0.263. The van der Waals surface area contributed by atoms with Gasteiger partial charge >= 0.3 is 0 Å². The smallest absolute Gasteiger partial charge is 0.253 e. The second-order valence-corrected chi connectivity index (χ2v) is 7.32. The van der Waals surface area contributed by atoms with Crippen LogP contribution < -0.4 is 10.6 Å². The van der Waals surface area contributed by atoms with Gasteiger partial charge in [0.05, 0.1) is 0 Å². The van der Waals surface area contributed by atoms with Crippen LogP contribution in [0.3, 0.4) is 0 Å². The Labute approximate surface area is 163 Å². The molecule has 0 aromatic heterocycles. The first-order valence-electron chi connectivity index (χ1n) is 8.15. The van der Waals surface area contributed by atoms with E-state index in [2.05, 4.69) is 10.6 Å². The van der Waals surface area contributed by atoms with Crippen LogP contribution in [-0.4, -0.2) is 42.3 Å². The SMILES string of the molecule is CN(C)C(=O)c1ccc(NC(=S)NCCSCc2ccccc2F)cc1. The molecule has 0 spiro atoms. The predicted octanol–water partition coefficient (Wildman–Crippen LogP) is 3.75. The predicted molar refractivity (Wildman–Crippen MR) is 111 cm³/mol. The zero-order valence-corrected chi connectivity index (χ0v) is 16.4. The number of benzene rings is 2. The van der Waals surface area contributed by atoms with Crippen LogP contribution in [0.25, 0.3) is 0 Å². The molecule has 1 amide bonds. The number of hydrogen-bond donors (Lipinski definition) is 2. The van der Waals surface area contributed by atoms with E-state index in [-0.39, 0.29) is 11.7 Å². The second kappa shape index (κ2) is 10.1. The van der Waals surface area contributed by atoms with Crippen molar-refractivity contribution in [2.75, 3.05) is 31.7 Å². The number of anilines is 1. The van der Waals surface area contributed by atoms with Crippen LogP contribution >= 0.6 is 24.0 Å². The van der Waals surface area contributed by atoms with E-state index < -0.39 is 0 Å². The van der Waals surface area contributed by atoms with E-state index in [1.165, 1.54) is 11.0 Å². The monoisotopic (exact) mass is 391 g/mol. The second-order valence-electron chi connectivity index (χ2n) is 5.80. The molecular weight excluding hydrogens is 369 g/mol. The lowest BCUT2D eigenvalue weighted by atomic mass is 10.2. The van der Waals surface area contributed by atoms with Crippen LogP contribution in [0.4, 0.5) is 10.1 Å². The number of amides is 1. The fourth-order valence-corrected chi connectivity index (χ4v) is 3.23. The van der Waals surface area contributed by atoms with E-state index in [0.29, 0.717) is 28.5 Å². The summed E-state index contributed by atoms with van der Waals surface area (Å²) >= 11 is 6.90. The van der Waals surface area contributed by atoms with E-state index in [4.69, 9.17) is 12.2 Å². The van der Waals surface area contributed by atoms with Crippen molar-refractivity contribution in [3.63, 3.8) is 0 Å². The number of thioether (sulfide) groups is 1. The molecule has 26 heavy (non-hydrogen) atoms. The maximum atomic E-state index is 13.5. The summed E-state index contributed by atoms with van der Waals surface area (Å²) < 4.78 is 13.5. The molecular formula is C19H22FN3OS2. The highest BCUT2D eigenvalue weighted by molar-refractivity contribution is 7.98. The first kappa shape index (κ1) is 20.2. The fourth-order valence-electron chi connectivity index (χ4n) is 2.16. The lowest BCUT2D eigenvalue weighted by molar-refractivity contribution is 0.0827. The summed E-state index contributed by atoms with van der Waals surface area (Å²) in [6.07, 6.45) is 0. The summed E-state index contributed by atoms with van der Waals surface area (Å²) in [5.41, 5.74) is 2.16. The van der Waals surface area contributed by atoms with Gasteiger partial charge in [0.1, 0.15) is 5.82 Å². The number of nitrogens with one attached hydrogen (secondary N) is 2. The van der Waals surface area contributed by atoms with Gasteiger partial charge in [-0.05, 0) is 48.1 Å². The summed E-state index contributed by atoms with van der Waals surface area (Å²) in [5.74, 6) is 1.24. The number of carbonyl (C=O) groups excluding carboxylic acids is 1. The van der Waals surface area contributed by atoms with Gasteiger partial charge in [-0.15, -0.1) is 0 Å². The molecule has 2 N–H and O–H groups in total. The molecule has 0 aliphatic heterocycles. The summed E-state index contributed by atoms with van der Waals surface area (Å²) in [7, 11) is 3.44. The summed E-state index contributed by atoms with van der Waals surface area (Å²) in [6.45, 7) is 0.683. The molecule has 0 heterocycles. The highest BCUT2D eigenvalue weighted by atomic mass is 32.2. The van der Waals surface area contributed by atoms with Crippen LogP contribution in [0, 0.1) is 5.82 Å². The lowest BCUT2D eigenvalue weighted by Gasteiger charge is -2.12. The van der Waals surface area contributed by atoms with Crippen molar-refractivity contribution in [2.24, 2.45) is 0 Å². The van der Waals surface area contributed by atoms with Crippen molar-refractivity contribution >= 4 is 40.7 Å². The van der Waals surface area contributed by atoms with Gasteiger partial charge in [-0.2, -0.15) is 11.8 Å². The number of halogens is 1. The zero-order chi connectivity index (χ0) is 18.9. The minimum atomic E-state index is -0.165. The molecule has 0 atom stereocenters.